The van der Waals surface area contributed by atoms with Crippen molar-refractivity contribution >= 4 is 17.7 Å². The average molecular weight is 437 g/mol. The van der Waals surface area contributed by atoms with E-state index in [1.165, 1.54) is 17.2 Å². The standard InChI is InChI=1S/C22H17F2N5O3/c23-22(24)29-18(12-4-2-1-3-5-12)9-16(27-29)15-8-13-11-28(21(32)14(13)10-25-15)17-6-7-19(30)26-20(17)31/h1-5,8-10,17,22H,6-7,11H2,(H,26,30,31). The summed E-state index contributed by atoms with van der Waals surface area (Å²) < 4.78 is 27.8. The van der Waals surface area contributed by atoms with Crippen LogP contribution in [0.1, 0.15) is 35.3 Å². The molecule has 0 spiro atoms. The number of piperidine rings is 1. The minimum absolute atomic E-state index is 0.160. The fourth-order valence-electron chi connectivity index (χ4n) is 4.09. The van der Waals surface area contributed by atoms with Gasteiger partial charge in [0, 0.05) is 24.7 Å². The minimum Gasteiger partial charge on any atom is -0.322 e. The van der Waals surface area contributed by atoms with Crippen LogP contribution < -0.4 is 5.32 Å². The van der Waals surface area contributed by atoms with Crippen molar-refractivity contribution in [1.82, 2.24) is 25.0 Å². The Bertz CT molecular complexity index is 1240. The van der Waals surface area contributed by atoms with Crippen LogP contribution >= 0.6 is 0 Å². The van der Waals surface area contributed by atoms with Crippen molar-refractivity contribution in [2.45, 2.75) is 32.0 Å². The number of imide groups is 1. The monoisotopic (exact) mass is 437 g/mol. The zero-order chi connectivity index (χ0) is 22.4. The second kappa shape index (κ2) is 7.63. The lowest BCUT2D eigenvalue weighted by Gasteiger charge is -2.29. The van der Waals surface area contributed by atoms with Gasteiger partial charge in [0.1, 0.15) is 11.7 Å². The van der Waals surface area contributed by atoms with Crippen LogP contribution in [0.3, 0.4) is 0 Å². The lowest BCUT2D eigenvalue weighted by Crippen LogP contribution is -2.52. The van der Waals surface area contributed by atoms with E-state index in [-0.39, 0.29) is 42.6 Å². The van der Waals surface area contributed by atoms with Gasteiger partial charge in [-0.05, 0) is 24.1 Å². The summed E-state index contributed by atoms with van der Waals surface area (Å²) in [7, 11) is 0. The third-order valence-electron chi connectivity index (χ3n) is 5.66. The van der Waals surface area contributed by atoms with Crippen molar-refractivity contribution in [3.05, 3.63) is 59.8 Å². The number of fused-ring (bicyclic) bond motifs is 1. The number of benzene rings is 1. The van der Waals surface area contributed by atoms with Crippen LogP contribution in [0.15, 0.2) is 48.7 Å². The van der Waals surface area contributed by atoms with Gasteiger partial charge in [-0.3, -0.25) is 24.7 Å². The Morgan fingerprint density at radius 2 is 1.84 bits per heavy atom. The Hall–Kier alpha value is -3.95. The zero-order valence-electron chi connectivity index (χ0n) is 16.7. The Morgan fingerprint density at radius 1 is 1.06 bits per heavy atom. The first-order valence-electron chi connectivity index (χ1n) is 9.99. The molecule has 1 unspecified atom stereocenters. The van der Waals surface area contributed by atoms with Crippen molar-refractivity contribution in [3.63, 3.8) is 0 Å². The number of nitrogens with one attached hydrogen (secondary N) is 1. The smallest absolute Gasteiger partial charge is 0.322 e. The van der Waals surface area contributed by atoms with Gasteiger partial charge in [0.2, 0.25) is 11.8 Å². The van der Waals surface area contributed by atoms with E-state index in [0.717, 1.165) is 0 Å². The summed E-state index contributed by atoms with van der Waals surface area (Å²) in [5.41, 5.74) is 2.40. The first kappa shape index (κ1) is 20.0. The minimum atomic E-state index is -2.84. The van der Waals surface area contributed by atoms with E-state index >= 15 is 0 Å². The SMILES string of the molecule is O=C1CCC(N2Cc3cc(-c4cc(-c5ccccc5)n(C(F)F)n4)ncc3C2=O)C(=O)N1. The average Bonchev–Trinajstić information content (AvgIpc) is 3.37. The fourth-order valence-corrected chi connectivity index (χ4v) is 4.09. The molecule has 0 bridgehead atoms. The molecule has 5 rings (SSSR count). The van der Waals surface area contributed by atoms with Gasteiger partial charge in [0.05, 0.1) is 17.0 Å². The van der Waals surface area contributed by atoms with Gasteiger partial charge in [0.25, 0.3) is 5.91 Å². The van der Waals surface area contributed by atoms with E-state index in [4.69, 9.17) is 0 Å². The lowest BCUT2D eigenvalue weighted by atomic mass is 10.0. The first-order chi connectivity index (χ1) is 15.4. The summed E-state index contributed by atoms with van der Waals surface area (Å²) in [6.07, 6.45) is 1.79. The summed E-state index contributed by atoms with van der Waals surface area (Å²) in [5.74, 6) is -1.21. The van der Waals surface area contributed by atoms with Crippen molar-refractivity contribution < 1.29 is 23.2 Å². The van der Waals surface area contributed by atoms with E-state index < -0.39 is 18.5 Å². The second-order valence-corrected chi connectivity index (χ2v) is 7.63. The number of carbonyl (C=O) groups is 3. The second-order valence-electron chi connectivity index (χ2n) is 7.63. The van der Waals surface area contributed by atoms with Gasteiger partial charge >= 0.3 is 6.55 Å². The molecule has 2 aliphatic heterocycles. The molecule has 2 aliphatic rings. The highest BCUT2D eigenvalue weighted by atomic mass is 19.3. The van der Waals surface area contributed by atoms with E-state index in [0.29, 0.717) is 27.1 Å². The molecule has 32 heavy (non-hydrogen) atoms. The molecule has 162 valence electrons. The van der Waals surface area contributed by atoms with E-state index in [1.54, 1.807) is 36.4 Å². The van der Waals surface area contributed by atoms with E-state index in [1.807, 2.05) is 0 Å². The van der Waals surface area contributed by atoms with Gasteiger partial charge in [-0.25, -0.2) is 4.68 Å². The molecule has 4 heterocycles. The molecule has 3 amide bonds. The zero-order valence-corrected chi connectivity index (χ0v) is 16.7. The summed E-state index contributed by atoms with van der Waals surface area (Å²) in [6, 6.07) is 11.1. The maximum Gasteiger partial charge on any atom is 0.333 e. The normalized spacial score (nSPS) is 18.3. The van der Waals surface area contributed by atoms with Gasteiger partial charge in [-0.2, -0.15) is 13.9 Å². The molecule has 1 atom stereocenters. The maximum absolute atomic E-state index is 13.6. The van der Waals surface area contributed by atoms with Crippen LogP contribution in [0.2, 0.25) is 0 Å². The van der Waals surface area contributed by atoms with Gasteiger partial charge in [-0.15, -0.1) is 0 Å². The fraction of sp³-hybridized carbons (Fsp3) is 0.227. The molecule has 1 N–H and O–H groups in total. The largest absolute Gasteiger partial charge is 0.333 e. The molecule has 0 radical (unpaired) electrons. The van der Waals surface area contributed by atoms with Crippen LogP contribution in [0.5, 0.6) is 0 Å². The van der Waals surface area contributed by atoms with Crippen molar-refractivity contribution in [2.24, 2.45) is 0 Å². The first-order valence-corrected chi connectivity index (χ1v) is 9.99. The predicted molar refractivity (Wildman–Crippen MR) is 108 cm³/mol. The molecular formula is C22H17F2N5O3. The predicted octanol–water partition coefficient (Wildman–Crippen LogP) is 2.77. The molecule has 3 aromatic rings. The highest BCUT2D eigenvalue weighted by Crippen LogP contribution is 2.32. The number of alkyl halides is 2. The summed E-state index contributed by atoms with van der Waals surface area (Å²) in [5, 5.41) is 6.29. The number of hydrogen-bond donors (Lipinski definition) is 1. The van der Waals surface area contributed by atoms with Crippen molar-refractivity contribution in [1.29, 1.82) is 0 Å². The number of rotatable bonds is 4. The quantitative estimate of drug-likeness (QED) is 0.633. The summed E-state index contributed by atoms with van der Waals surface area (Å²) >= 11 is 0. The molecule has 0 saturated carbocycles. The summed E-state index contributed by atoms with van der Waals surface area (Å²) in [4.78, 5) is 42.1. The number of amides is 3. The maximum atomic E-state index is 13.6. The number of aromatic nitrogens is 3. The van der Waals surface area contributed by atoms with Gasteiger partial charge < -0.3 is 4.90 Å². The third-order valence-corrected chi connectivity index (χ3v) is 5.66. The Kier molecular flexibility index (Phi) is 4.76. The number of pyridine rings is 1. The molecule has 8 nitrogen and oxygen atoms in total. The van der Waals surface area contributed by atoms with Gasteiger partial charge in [-0.1, -0.05) is 30.3 Å². The Balaban J connectivity index is 1.47. The molecular weight excluding hydrogens is 420 g/mol. The number of halogens is 2. The van der Waals surface area contributed by atoms with Crippen LogP contribution in [0.4, 0.5) is 8.78 Å². The van der Waals surface area contributed by atoms with Crippen LogP contribution in [0, 0.1) is 0 Å². The van der Waals surface area contributed by atoms with Crippen LogP contribution in [-0.2, 0) is 16.1 Å². The number of hydrogen-bond acceptors (Lipinski definition) is 5. The van der Waals surface area contributed by atoms with Crippen LogP contribution in [-0.4, -0.2) is 43.4 Å². The molecule has 0 aliphatic carbocycles. The molecule has 1 aromatic carbocycles. The molecule has 2 aromatic heterocycles. The molecule has 1 saturated heterocycles. The molecule has 1 fully saturated rings. The Morgan fingerprint density at radius 3 is 2.56 bits per heavy atom. The third kappa shape index (κ3) is 3.33. The Labute approximate surface area is 180 Å². The lowest BCUT2D eigenvalue weighted by molar-refractivity contribution is -0.136. The van der Waals surface area contributed by atoms with Gasteiger partial charge in [0.15, 0.2) is 0 Å². The van der Waals surface area contributed by atoms with E-state index in [9.17, 15) is 23.2 Å². The molecule has 10 heteroatoms. The van der Waals surface area contributed by atoms with Crippen molar-refractivity contribution in [2.75, 3.05) is 0 Å². The highest BCUT2D eigenvalue weighted by Gasteiger charge is 2.39. The number of nitrogens with zero attached hydrogens (tertiary/aromatic N) is 4. The number of carbonyl (C=O) groups excluding carboxylic acids is 3. The van der Waals surface area contributed by atoms with Crippen LogP contribution in [0.25, 0.3) is 22.6 Å². The summed E-state index contributed by atoms with van der Waals surface area (Å²) in [6.45, 7) is -2.67. The van der Waals surface area contributed by atoms with Crippen molar-refractivity contribution in [3.8, 4) is 22.6 Å². The van der Waals surface area contributed by atoms with E-state index in [2.05, 4.69) is 15.4 Å². The highest BCUT2D eigenvalue weighted by molar-refractivity contribution is 6.05. The topological polar surface area (TPSA) is 97.2 Å².